The van der Waals surface area contributed by atoms with Gasteiger partial charge in [0.2, 0.25) is 0 Å². The number of unbranched alkanes of at least 4 members (excludes halogenated alkanes) is 1. The molecule has 0 saturated carbocycles. The van der Waals surface area contributed by atoms with Gasteiger partial charge in [-0.1, -0.05) is 37.1 Å². The van der Waals surface area contributed by atoms with E-state index in [9.17, 15) is 4.79 Å². The lowest BCUT2D eigenvalue weighted by molar-refractivity contribution is -0.136. The number of rotatable bonds is 8. The fourth-order valence-corrected chi connectivity index (χ4v) is 3.02. The van der Waals surface area contributed by atoms with Crippen LogP contribution in [0.4, 0.5) is 0 Å². The maximum absolute atomic E-state index is 11.2. The van der Waals surface area contributed by atoms with Crippen LogP contribution in [-0.4, -0.2) is 27.7 Å². The summed E-state index contributed by atoms with van der Waals surface area (Å²) in [7, 11) is 1.64. The maximum atomic E-state index is 11.2. The van der Waals surface area contributed by atoms with E-state index in [2.05, 4.69) is 11.9 Å². The summed E-state index contributed by atoms with van der Waals surface area (Å²) in [6.45, 7) is 4.64. The van der Waals surface area contributed by atoms with Gasteiger partial charge in [-0.2, -0.15) is 0 Å². The van der Waals surface area contributed by atoms with Gasteiger partial charge in [-0.05, 0) is 30.5 Å². The molecule has 6 heteroatoms. The van der Waals surface area contributed by atoms with E-state index in [1.54, 1.807) is 7.11 Å². The number of carboxylic acid groups (broad SMARTS) is 1. The third-order valence-electron chi connectivity index (χ3n) is 3.98. The number of nitrogens with zero attached hydrogens (tertiary/aromatic N) is 2. The summed E-state index contributed by atoms with van der Waals surface area (Å²) in [5.41, 5.74) is 2.66. The summed E-state index contributed by atoms with van der Waals surface area (Å²) in [6.07, 6.45) is 2.68. The number of aromatic nitrogens is 2. The third kappa shape index (κ3) is 4.29. The highest BCUT2D eigenvalue weighted by Crippen LogP contribution is 2.24. The molecule has 0 aliphatic rings. The minimum atomic E-state index is -0.911. The number of benzene rings is 1. The predicted octanol–water partition coefficient (Wildman–Crippen LogP) is 3.87. The van der Waals surface area contributed by atoms with Crippen molar-refractivity contribution in [1.29, 1.82) is 0 Å². The second-order valence-corrected chi connectivity index (χ2v) is 6.19. The second kappa shape index (κ2) is 8.20. The number of ether oxygens (including phenoxy) is 1. The lowest BCUT2D eigenvalue weighted by atomic mass is 10.1. The van der Waals surface area contributed by atoms with Crippen molar-refractivity contribution in [2.24, 2.45) is 0 Å². The number of imidazole rings is 1. The number of hydrogen-bond acceptors (Lipinski definition) is 3. The first-order valence-corrected chi connectivity index (χ1v) is 8.43. The standard InChI is InChI=1S/C18H23ClN2O3/c1-4-5-6-16-20-18(19)14(10-17(22)23)21(16)11-13-7-8-15(24-3)12(2)9-13/h7-9H,4-6,10-11H2,1-3H3,(H,22,23). The van der Waals surface area contributed by atoms with E-state index < -0.39 is 5.97 Å². The van der Waals surface area contributed by atoms with Gasteiger partial charge in [0.1, 0.15) is 11.6 Å². The van der Waals surface area contributed by atoms with Crippen LogP contribution in [0.25, 0.3) is 0 Å². The molecule has 2 rings (SSSR count). The minimum Gasteiger partial charge on any atom is -0.496 e. The van der Waals surface area contributed by atoms with Crippen LogP contribution < -0.4 is 4.74 Å². The molecule has 24 heavy (non-hydrogen) atoms. The summed E-state index contributed by atoms with van der Waals surface area (Å²) in [6, 6.07) is 5.94. The van der Waals surface area contributed by atoms with Gasteiger partial charge in [-0.3, -0.25) is 4.79 Å². The third-order valence-corrected chi connectivity index (χ3v) is 4.28. The number of carboxylic acids is 1. The Balaban J connectivity index is 2.38. The summed E-state index contributed by atoms with van der Waals surface area (Å²) in [5, 5.41) is 9.45. The van der Waals surface area contributed by atoms with Crippen LogP contribution >= 0.6 is 11.6 Å². The van der Waals surface area contributed by atoms with Crippen molar-refractivity contribution in [3.05, 3.63) is 46.0 Å². The van der Waals surface area contributed by atoms with E-state index in [4.69, 9.17) is 21.4 Å². The molecule has 0 fully saturated rings. The van der Waals surface area contributed by atoms with Crippen LogP contribution in [-0.2, 0) is 24.2 Å². The summed E-state index contributed by atoms with van der Waals surface area (Å²) in [5.74, 6) is 0.761. The first-order chi connectivity index (χ1) is 11.5. The lowest BCUT2D eigenvalue weighted by Crippen LogP contribution is -2.12. The van der Waals surface area contributed by atoms with E-state index in [0.717, 1.165) is 42.0 Å². The number of halogens is 1. The van der Waals surface area contributed by atoms with Crippen LogP contribution in [0, 0.1) is 6.92 Å². The summed E-state index contributed by atoms with van der Waals surface area (Å²) >= 11 is 6.20. The molecule has 0 bridgehead atoms. The molecule has 130 valence electrons. The minimum absolute atomic E-state index is 0.132. The smallest absolute Gasteiger partial charge is 0.309 e. The monoisotopic (exact) mass is 350 g/mol. The Labute approximate surface area is 147 Å². The molecule has 0 radical (unpaired) electrons. The van der Waals surface area contributed by atoms with Crippen LogP contribution in [0.2, 0.25) is 5.15 Å². The summed E-state index contributed by atoms with van der Waals surface area (Å²) < 4.78 is 7.23. The van der Waals surface area contributed by atoms with Crippen molar-refractivity contribution in [1.82, 2.24) is 9.55 Å². The van der Waals surface area contributed by atoms with Crippen molar-refractivity contribution in [3.8, 4) is 5.75 Å². The second-order valence-electron chi connectivity index (χ2n) is 5.83. The first-order valence-electron chi connectivity index (χ1n) is 8.05. The van der Waals surface area contributed by atoms with Gasteiger partial charge < -0.3 is 14.4 Å². The zero-order valence-electron chi connectivity index (χ0n) is 14.3. The predicted molar refractivity (Wildman–Crippen MR) is 94.0 cm³/mol. The zero-order valence-corrected chi connectivity index (χ0v) is 15.1. The molecule has 0 spiro atoms. The molecular formula is C18H23ClN2O3. The average Bonchev–Trinajstić information content (AvgIpc) is 2.81. The average molecular weight is 351 g/mol. The van der Waals surface area contributed by atoms with Gasteiger partial charge in [0.25, 0.3) is 0 Å². The number of carbonyl (C=O) groups is 1. The molecule has 0 amide bonds. The van der Waals surface area contributed by atoms with Gasteiger partial charge in [-0.25, -0.2) is 4.98 Å². The molecule has 5 nitrogen and oxygen atoms in total. The van der Waals surface area contributed by atoms with Crippen molar-refractivity contribution in [2.75, 3.05) is 7.11 Å². The molecule has 1 N–H and O–H groups in total. The molecule has 0 aliphatic carbocycles. The molecule has 0 aliphatic heterocycles. The van der Waals surface area contributed by atoms with Gasteiger partial charge in [0.05, 0.1) is 19.2 Å². The first kappa shape index (κ1) is 18.3. The summed E-state index contributed by atoms with van der Waals surface area (Å²) in [4.78, 5) is 15.6. The van der Waals surface area contributed by atoms with E-state index in [-0.39, 0.29) is 11.6 Å². The molecule has 1 heterocycles. The Morgan fingerprint density at radius 3 is 2.75 bits per heavy atom. The maximum Gasteiger partial charge on any atom is 0.309 e. The Kier molecular flexibility index (Phi) is 6.26. The van der Waals surface area contributed by atoms with Gasteiger partial charge >= 0.3 is 5.97 Å². The molecule has 1 aromatic carbocycles. The van der Waals surface area contributed by atoms with Crippen LogP contribution in [0.1, 0.15) is 42.4 Å². The van der Waals surface area contributed by atoms with Crippen molar-refractivity contribution >= 4 is 17.6 Å². The number of aryl methyl sites for hydroxylation is 2. The van der Waals surface area contributed by atoms with E-state index >= 15 is 0 Å². The van der Waals surface area contributed by atoms with Crippen molar-refractivity contribution < 1.29 is 14.6 Å². The molecule has 0 unspecified atom stereocenters. The molecular weight excluding hydrogens is 328 g/mol. The van der Waals surface area contributed by atoms with Crippen LogP contribution in [0.5, 0.6) is 5.75 Å². The Bertz CT molecular complexity index is 725. The number of aliphatic carboxylic acids is 1. The highest BCUT2D eigenvalue weighted by molar-refractivity contribution is 6.30. The molecule has 1 aromatic heterocycles. The topological polar surface area (TPSA) is 64.3 Å². The lowest BCUT2D eigenvalue weighted by Gasteiger charge is -2.13. The van der Waals surface area contributed by atoms with Crippen LogP contribution in [0.15, 0.2) is 18.2 Å². The fourth-order valence-electron chi connectivity index (χ4n) is 2.75. The largest absolute Gasteiger partial charge is 0.496 e. The fraction of sp³-hybridized carbons (Fsp3) is 0.444. The van der Waals surface area contributed by atoms with Gasteiger partial charge in [-0.15, -0.1) is 0 Å². The molecule has 0 saturated heterocycles. The SMILES string of the molecule is CCCCc1nc(Cl)c(CC(=O)O)n1Cc1ccc(OC)c(C)c1. The van der Waals surface area contributed by atoms with E-state index in [1.807, 2.05) is 29.7 Å². The number of hydrogen-bond donors (Lipinski definition) is 1. The normalized spacial score (nSPS) is 10.8. The van der Waals surface area contributed by atoms with Gasteiger partial charge in [0, 0.05) is 13.0 Å². The Morgan fingerprint density at radius 1 is 1.42 bits per heavy atom. The highest BCUT2D eigenvalue weighted by Gasteiger charge is 2.18. The Morgan fingerprint density at radius 2 is 2.17 bits per heavy atom. The Hall–Kier alpha value is -2.01. The van der Waals surface area contributed by atoms with E-state index in [0.29, 0.717) is 12.2 Å². The molecule has 2 aromatic rings. The molecule has 0 atom stereocenters. The van der Waals surface area contributed by atoms with E-state index in [1.165, 1.54) is 0 Å². The zero-order chi connectivity index (χ0) is 17.7. The van der Waals surface area contributed by atoms with Crippen molar-refractivity contribution in [2.45, 2.75) is 46.1 Å². The van der Waals surface area contributed by atoms with Gasteiger partial charge in [0.15, 0.2) is 5.15 Å². The quantitative estimate of drug-likeness (QED) is 0.784. The highest BCUT2D eigenvalue weighted by atomic mass is 35.5. The van der Waals surface area contributed by atoms with Crippen molar-refractivity contribution in [3.63, 3.8) is 0 Å². The number of methoxy groups -OCH3 is 1. The van der Waals surface area contributed by atoms with Crippen LogP contribution in [0.3, 0.4) is 0 Å².